The highest BCUT2D eigenvalue weighted by atomic mass is 35.5. The number of benzene rings is 2. The molecular formula is C34H43Cl2N3O4. The van der Waals surface area contributed by atoms with Gasteiger partial charge in [0, 0.05) is 23.4 Å². The van der Waals surface area contributed by atoms with Gasteiger partial charge >= 0.3 is 5.97 Å². The quantitative estimate of drug-likeness (QED) is 0.122. The summed E-state index contributed by atoms with van der Waals surface area (Å²) in [6, 6.07) is 10.4. The van der Waals surface area contributed by atoms with Crippen LogP contribution in [-0.2, 0) is 16.0 Å². The van der Waals surface area contributed by atoms with Crippen molar-refractivity contribution >= 4 is 35.1 Å². The van der Waals surface area contributed by atoms with E-state index >= 15 is 0 Å². The molecule has 1 aliphatic rings. The third-order valence-corrected chi connectivity index (χ3v) is 8.50. The molecule has 0 radical (unpaired) electrons. The van der Waals surface area contributed by atoms with Crippen LogP contribution in [0.1, 0.15) is 106 Å². The van der Waals surface area contributed by atoms with E-state index in [1.165, 1.54) is 25.7 Å². The standard InChI is InChI=1S/C34H43Cl2N3O4/c1-3-5-17-42-31-15-12-24(19-27(31)34(41)43-18-6-4-2)29(39-33(40)16-11-23-9-7-8-10-23)21-32-37-22-30(38-32)26-14-13-25(35)20-28(26)36/h12-15,19-20,22-23,29H,3-11,16-18,21H2,1-2H3,(H,37,38)(H,39,40). The summed E-state index contributed by atoms with van der Waals surface area (Å²) in [5.74, 6) is 1.34. The zero-order valence-electron chi connectivity index (χ0n) is 25.2. The van der Waals surface area contributed by atoms with Gasteiger partial charge in [-0.15, -0.1) is 0 Å². The van der Waals surface area contributed by atoms with Gasteiger partial charge in [0.05, 0.1) is 36.2 Å². The molecule has 7 nitrogen and oxygen atoms in total. The number of amides is 1. The Kier molecular flexibility index (Phi) is 12.8. The summed E-state index contributed by atoms with van der Waals surface area (Å²) < 4.78 is 11.5. The highest BCUT2D eigenvalue weighted by Crippen LogP contribution is 2.32. The Bertz CT molecular complexity index is 1350. The Morgan fingerprint density at radius 3 is 2.56 bits per heavy atom. The molecule has 43 heavy (non-hydrogen) atoms. The number of hydrogen-bond donors (Lipinski definition) is 2. The molecule has 0 saturated heterocycles. The van der Waals surface area contributed by atoms with Crippen LogP contribution in [0.2, 0.25) is 10.0 Å². The van der Waals surface area contributed by atoms with E-state index in [-0.39, 0.29) is 5.91 Å². The number of carbonyl (C=O) groups is 2. The molecule has 0 aliphatic heterocycles. The van der Waals surface area contributed by atoms with Gasteiger partial charge in [0.2, 0.25) is 5.91 Å². The zero-order valence-corrected chi connectivity index (χ0v) is 26.7. The first kappa shape index (κ1) is 32.9. The maximum atomic E-state index is 13.2. The van der Waals surface area contributed by atoms with Gasteiger partial charge in [0.25, 0.3) is 0 Å². The molecule has 1 heterocycles. The molecule has 1 atom stereocenters. The highest BCUT2D eigenvalue weighted by Gasteiger charge is 2.23. The number of rotatable bonds is 16. The van der Waals surface area contributed by atoms with Crippen molar-refractivity contribution in [3.8, 4) is 17.0 Å². The summed E-state index contributed by atoms with van der Waals surface area (Å²) >= 11 is 12.5. The van der Waals surface area contributed by atoms with Crippen LogP contribution >= 0.6 is 23.2 Å². The number of aromatic nitrogens is 2. The molecule has 1 saturated carbocycles. The van der Waals surface area contributed by atoms with Crippen LogP contribution in [0.3, 0.4) is 0 Å². The number of halogens is 2. The summed E-state index contributed by atoms with van der Waals surface area (Å²) in [7, 11) is 0. The molecule has 2 aromatic carbocycles. The number of unbranched alkanes of at least 4 members (excludes halogenated alkanes) is 2. The maximum absolute atomic E-state index is 13.2. The lowest BCUT2D eigenvalue weighted by Gasteiger charge is -2.21. The normalized spacial score (nSPS) is 14.0. The summed E-state index contributed by atoms with van der Waals surface area (Å²) in [5.41, 5.74) is 2.68. The highest BCUT2D eigenvalue weighted by molar-refractivity contribution is 6.36. The smallest absolute Gasteiger partial charge is 0.341 e. The van der Waals surface area contributed by atoms with Crippen LogP contribution in [0.4, 0.5) is 0 Å². The fraction of sp³-hybridized carbons (Fsp3) is 0.500. The summed E-state index contributed by atoms with van der Waals surface area (Å²) in [6.07, 6.45) is 11.9. The van der Waals surface area contributed by atoms with Gasteiger partial charge in [0.1, 0.15) is 17.1 Å². The van der Waals surface area contributed by atoms with E-state index in [0.29, 0.717) is 59.2 Å². The van der Waals surface area contributed by atoms with E-state index in [1.54, 1.807) is 30.5 Å². The molecule has 1 fully saturated rings. The van der Waals surface area contributed by atoms with Gasteiger partial charge in [-0.1, -0.05) is 81.6 Å². The summed E-state index contributed by atoms with van der Waals surface area (Å²) in [4.78, 5) is 34.3. The molecule has 1 aliphatic carbocycles. The summed E-state index contributed by atoms with van der Waals surface area (Å²) in [5, 5.41) is 4.30. The second-order valence-corrected chi connectivity index (χ2v) is 12.2. The van der Waals surface area contributed by atoms with Gasteiger partial charge in [-0.05, 0) is 61.1 Å². The summed E-state index contributed by atoms with van der Waals surface area (Å²) in [6.45, 7) is 4.99. The molecule has 0 bridgehead atoms. The van der Waals surface area contributed by atoms with Crippen LogP contribution < -0.4 is 10.1 Å². The fourth-order valence-electron chi connectivity index (χ4n) is 5.42. The number of nitrogens with one attached hydrogen (secondary N) is 2. The van der Waals surface area contributed by atoms with Crippen molar-refractivity contribution in [3.63, 3.8) is 0 Å². The predicted molar refractivity (Wildman–Crippen MR) is 172 cm³/mol. The maximum Gasteiger partial charge on any atom is 0.341 e. The molecule has 1 aromatic heterocycles. The van der Waals surface area contributed by atoms with Gasteiger partial charge in [-0.25, -0.2) is 9.78 Å². The van der Waals surface area contributed by atoms with Crippen LogP contribution in [0, 0.1) is 5.92 Å². The number of esters is 1. The number of ether oxygens (including phenoxy) is 2. The van der Waals surface area contributed by atoms with E-state index in [1.807, 2.05) is 12.1 Å². The number of carbonyl (C=O) groups excluding carboxylic acids is 2. The number of hydrogen-bond acceptors (Lipinski definition) is 5. The first-order valence-corrected chi connectivity index (χ1v) is 16.4. The van der Waals surface area contributed by atoms with Gasteiger partial charge in [-0.2, -0.15) is 0 Å². The second kappa shape index (κ2) is 16.7. The van der Waals surface area contributed by atoms with Crippen molar-refractivity contribution in [2.75, 3.05) is 13.2 Å². The minimum Gasteiger partial charge on any atom is -0.493 e. The van der Waals surface area contributed by atoms with E-state index in [4.69, 9.17) is 32.7 Å². The first-order chi connectivity index (χ1) is 20.9. The average molecular weight is 629 g/mol. The molecule has 0 spiro atoms. The SMILES string of the molecule is CCCCOC(=O)c1cc(C(Cc2ncc(-c3ccc(Cl)cc3Cl)[nH]2)NC(=O)CCC2CCCC2)ccc1OCCCC. The van der Waals surface area contributed by atoms with Gasteiger partial charge in [-0.3, -0.25) is 4.79 Å². The molecule has 232 valence electrons. The molecule has 9 heteroatoms. The van der Waals surface area contributed by atoms with Crippen molar-refractivity contribution in [1.82, 2.24) is 15.3 Å². The van der Waals surface area contributed by atoms with E-state index < -0.39 is 12.0 Å². The average Bonchev–Trinajstić information content (AvgIpc) is 3.69. The van der Waals surface area contributed by atoms with Gasteiger partial charge < -0.3 is 19.8 Å². The Morgan fingerprint density at radius 1 is 1.05 bits per heavy atom. The van der Waals surface area contributed by atoms with Crippen molar-refractivity contribution in [2.45, 2.75) is 90.5 Å². The van der Waals surface area contributed by atoms with E-state index in [0.717, 1.165) is 48.9 Å². The van der Waals surface area contributed by atoms with Crippen molar-refractivity contribution < 1.29 is 19.1 Å². The second-order valence-electron chi connectivity index (χ2n) is 11.3. The minimum absolute atomic E-state index is 0.0141. The molecular weight excluding hydrogens is 585 g/mol. The largest absolute Gasteiger partial charge is 0.493 e. The first-order valence-electron chi connectivity index (χ1n) is 15.6. The number of aromatic amines is 1. The fourth-order valence-corrected chi connectivity index (χ4v) is 5.93. The van der Waals surface area contributed by atoms with Crippen molar-refractivity contribution in [3.05, 3.63) is 69.6 Å². The van der Waals surface area contributed by atoms with Crippen molar-refractivity contribution in [1.29, 1.82) is 0 Å². The predicted octanol–water partition coefficient (Wildman–Crippen LogP) is 8.89. The molecule has 2 N–H and O–H groups in total. The van der Waals surface area contributed by atoms with Crippen LogP contribution in [0.15, 0.2) is 42.6 Å². The number of imidazole rings is 1. The van der Waals surface area contributed by atoms with Crippen LogP contribution in [0.5, 0.6) is 5.75 Å². The number of nitrogens with zero attached hydrogens (tertiary/aromatic N) is 1. The monoisotopic (exact) mass is 627 g/mol. The van der Waals surface area contributed by atoms with Crippen molar-refractivity contribution in [2.24, 2.45) is 5.92 Å². The molecule has 1 amide bonds. The van der Waals surface area contributed by atoms with E-state index in [9.17, 15) is 9.59 Å². The Hall–Kier alpha value is -3.03. The molecule has 1 unspecified atom stereocenters. The minimum atomic E-state index is -0.428. The third-order valence-electron chi connectivity index (χ3n) is 7.95. The molecule has 4 rings (SSSR count). The Morgan fingerprint density at radius 2 is 1.81 bits per heavy atom. The third kappa shape index (κ3) is 9.73. The van der Waals surface area contributed by atoms with Crippen LogP contribution in [-0.4, -0.2) is 35.1 Å². The topological polar surface area (TPSA) is 93.3 Å². The lowest BCUT2D eigenvalue weighted by atomic mass is 9.98. The lowest BCUT2D eigenvalue weighted by molar-refractivity contribution is -0.122. The Labute approximate surface area is 265 Å². The zero-order chi connectivity index (χ0) is 30.6. The van der Waals surface area contributed by atoms with Gasteiger partial charge in [0.15, 0.2) is 0 Å². The lowest BCUT2D eigenvalue weighted by Crippen LogP contribution is -2.30. The Balaban J connectivity index is 1.60. The number of H-pyrrole nitrogens is 1. The van der Waals surface area contributed by atoms with E-state index in [2.05, 4.69) is 29.1 Å². The molecule has 3 aromatic rings. The van der Waals surface area contributed by atoms with Crippen LogP contribution in [0.25, 0.3) is 11.3 Å².